The summed E-state index contributed by atoms with van der Waals surface area (Å²) >= 11 is 0. The Balaban J connectivity index is 1.66. The van der Waals surface area contributed by atoms with E-state index >= 15 is 0 Å². The van der Waals surface area contributed by atoms with Crippen LogP contribution in [0.3, 0.4) is 0 Å². The van der Waals surface area contributed by atoms with E-state index in [1.807, 2.05) is 18.9 Å². The molecule has 1 unspecified atom stereocenters. The monoisotopic (exact) mass is 488 g/mol. The van der Waals surface area contributed by atoms with Crippen molar-refractivity contribution in [3.63, 3.8) is 0 Å². The van der Waals surface area contributed by atoms with Crippen molar-refractivity contribution in [3.8, 4) is 17.4 Å². The van der Waals surface area contributed by atoms with Crippen LogP contribution in [0, 0.1) is 5.92 Å². The van der Waals surface area contributed by atoms with Gasteiger partial charge in [0.05, 0.1) is 30.5 Å². The number of aromatic nitrogens is 1. The first-order valence-corrected chi connectivity index (χ1v) is 11.0. The molecule has 1 aromatic heterocycles. The standard InChI is InChI=1S/C26H27F3N2O4/c1-4-19(25(32)33)13-18-7-11-22(23(14-18)34-3)35-24-12-10-21(15-30-24)31(2)16-17-5-8-20(9-6-17)26(27,28)29/h5-12,14-15,19H,4,13,16H2,1-3H3,(H,32,33). The number of aliphatic carboxylic acids is 1. The molecule has 3 aromatic rings. The van der Waals surface area contributed by atoms with E-state index in [4.69, 9.17) is 9.47 Å². The van der Waals surface area contributed by atoms with E-state index in [2.05, 4.69) is 4.98 Å². The van der Waals surface area contributed by atoms with Gasteiger partial charge in [0.25, 0.3) is 0 Å². The van der Waals surface area contributed by atoms with E-state index < -0.39 is 23.6 Å². The van der Waals surface area contributed by atoms with Crippen LogP contribution in [0.5, 0.6) is 17.4 Å². The Morgan fingerprint density at radius 3 is 2.29 bits per heavy atom. The van der Waals surface area contributed by atoms with E-state index in [-0.39, 0.29) is 0 Å². The summed E-state index contributed by atoms with van der Waals surface area (Å²) < 4.78 is 49.5. The van der Waals surface area contributed by atoms with Crippen LogP contribution in [0.15, 0.2) is 60.8 Å². The zero-order valence-corrected chi connectivity index (χ0v) is 19.7. The Morgan fingerprint density at radius 1 is 1.06 bits per heavy atom. The number of anilines is 1. The minimum Gasteiger partial charge on any atom is -0.493 e. The zero-order valence-electron chi connectivity index (χ0n) is 19.7. The number of hydrogen-bond acceptors (Lipinski definition) is 5. The number of nitrogens with zero attached hydrogens (tertiary/aromatic N) is 2. The number of methoxy groups -OCH3 is 1. The van der Waals surface area contributed by atoms with Crippen LogP contribution >= 0.6 is 0 Å². The average molecular weight is 489 g/mol. The average Bonchev–Trinajstić information content (AvgIpc) is 2.83. The first-order valence-electron chi connectivity index (χ1n) is 11.0. The molecule has 3 rings (SSSR count). The van der Waals surface area contributed by atoms with Crippen molar-refractivity contribution in [2.24, 2.45) is 5.92 Å². The Labute approximate surface area is 201 Å². The lowest BCUT2D eigenvalue weighted by Crippen LogP contribution is -2.16. The topological polar surface area (TPSA) is 71.9 Å². The molecule has 1 N–H and O–H groups in total. The van der Waals surface area contributed by atoms with Gasteiger partial charge in [0.15, 0.2) is 11.5 Å². The highest BCUT2D eigenvalue weighted by Crippen LogP contribution is 2.33. The Hall–Kier alpha value is -3.75. The number of carboxylic acid groups (broad SMARTS) is 1. The molecule has 0 aliphatic heterocycles. The van der Waals surface area contributed by atoms with Gasteiger partial charge < -0.3 is 19.5 Å². The number of carboxylic acids is 1. The molecule has 6 nitrogen and oxygen atoms in total. The summed E-state index contributed by atoms with van der Waals surface area (Å²) in [5.41, 5.74) is 1.65. The zero-order chi connectivity index (χ0) is 25.6. The second-order valence-electron chi connectivity index (χ2n) is 8.14. The van der Waals surface area contributed by atoms with Crippen molar-refractivity contribution in [2.45, 2.75) is 32.5 Å². The minimum absolute atomic E-state index is 0.333. The summed E-state index contributed by atoms with van der Waals surface area (Å²) in [6.07, 6.45) is -1.83. The van der Waals surface area contributed by atoms with Crippen molar-refractivity contribution in [2.75, 3.05) is 19.1 Å². The molecule has 0 fully saturated rings. The molecule has 35 heavy (non-hydrogen) atoms. The van der Waals surface area contributed by atoms with Gasteiger partial charge in [0.1, 0.15) is 0 Å². The normalized spacial score (nSPS) is 12.2. The van der Waals surface area contributed by atoms with Crippen LogP contribution in [-0.4, -0.2) is 30.2 Å². The molecule has 0 bridgehead atoms. The molecule has 0 saturated heterocycles. The molecule has 9 heteroatoms. The SMILES string of the molecule is CCC(Cc1ccc(Oc2ccc(N(C)Cc3ccc(C(F)(F)F)cc3)cn2)c(OC)c1)C(=O)O. The molecule has 2 aromatic carbocycles. The summed E-state index contributed by atoms with van der Waals surface area (Å²) in [6, 6.07) is 13.8. The first kappa shape index (κ1) is 25.9. The Morgan fingerprint density at radius 2 is 1.74 bits per heavy atom. The Bertz CT molecular complexity index is 1130. The molecular weight excluding hydrogens is 461 g/mol. The molecular formula is C26H27F3N2O4. The van der Waals surface area contributed by atoms with E-state index in [1.54, 1.807) is 36.5 Å². The molecule has 1 atom stereocenters. The first-order chi connectivity index (χ1) is 16.6. The second kappa shape index (κ2) is 11.1. The molecule has 1 heterocycles. The third-order valence-electron chi connectivity index (χ3n) is 5.63. The van der Waals surface area contributed by atoms with Crippen molar-refractivity contribution in [3.05, 3.63) is 77.5 Å². The summed E-state index contributed by atoms with van der Waals surface area (Å²) in [6.45, 7) is 2.24. The van der Waals surface area contributed by atoms with E-state index in [9.17, 15) is 23.1 Å². The number of benzene rings is 2. The maximum Gasteiger partial charge on any atom is 0.416 e. The number of alkyl halides is 3. The molecule has 0 radical (unpaired) electrons. The number of halogens is 3. The van der Waals surface area contributed by atoms with Gasteiger partial charge in [-0.1, -0.05) is 25.1 Å². The fourth-order valence-corrected chi connectivity index (χ4v) is 3.55. The van der Waals surface area contributed by atoms with Crippen LogP contribution in [0.2, 0.25) is 0 Å². The van der Waals surface area contributed by atoms with Crippen LogP contribution in [0.1, 0.15) is 30.0 Å². The molecule has 0 aliphatic carbocycles. The number of carbonyl (C=O) groups is 1. The van der Waals surface area contributed by atoms with Gasteiger partial charge in [0.2, 0.25) is 5.88 Å². The Kier molecular flexibility index (Phi) is 8.22. The highest BCUT2D eigenvalue weighted by Gasteiger charge is 2.30. The van der Waals surface area contributed by atoms with E-state index in [1.165, 1.54) is 19.2 Å². The fourth-order valence-electron chi connectivity index (χ4n) is 3.55. The summed E-state index contributed by atoms with van der Waals surface area (Å²) in [7, 11) is 3.32. The number of pyridine rings is 1. The lowest BCUT2D eigenvalue weighted by molar-refractivity contribution is -0.141. The van der Waals surface area contributed by atoms with Crippen LogP contribution in [-0.2, 0) is 23.9 Å². The van der Waals surface area contributed by atoms with Crippen LogP contribution in [0.25, 0.3) is 0 Å². The van der Waals surface area contributed by atoms with Gasteiger partial charge in [-0.2, -0.15) is 13.2 Å². The maximum absolute atomic E-state index is 12.7. The largest absolute Gasteiger partial charge is 0.493 e. The number of ether oxygens (including phenoxy) is 2. The number of rotatable bonds is 10. The highest BCUT2D eigenvalue weighted by molar-refractivity contribution is 5.70. The summed E-state index contributed by atoms with van der Waals surface area (Å²) in [5.74, 6) is -0.0645. The quantitative estimate of drug-likeness (QED) is 0.367. The van der Waals surface area contributed by atoms with Gasteiger partial charge in [-0.25, -0.2) is 4.98 Å². The van der Waals surface area contributed by atoms with Gasteiger partial charge in [0, 0.05) is 19.7 Å². The van der Waals surface area contributed by atoms with Gasteiger partial charge in [-0.3, -0.25) is 4.79 Å². The minimum atomic E-state index is -4.36. The predicted octanol–water partition coefficient (Wildman–Crippen LogP) is 6.19. The highest BCUT2D eigenvalue weighted by atomic mass is 19.4. The second-order valence-corrected chi connectivity index (χ2v) is 8.14. The predicted molar refractivity (Wildman–Crippen MR) is 126 cm³/mol. The molecule has 0 saturated carbocycles. The van der Waals surface area contributed by atoms with Crippen LogP contribution < -0.4 is 14.4 Å². The summed E-state index contributed by atoms with van der Waals surface area (Å²) in [5, 5.41) is 9.29. The maximum atomic E-state index is 12.7. The van der Waals surface area contributed by atoms with Crippen molar-refractivity contribution in [1.82, 2.24) is 4.98 Å². The third kappa shape index (κ3) is 6.88. The van der Waals surface area contributed by atoms with Gasteiger partial charge >= 0.3 is 12.1 Å². The van der Waals surface area contributed by atoms with Crippen molar-refractivity contribution in [1.29, 1.82) is 0 Å². The fraction of sp³-hybridized carbons (Fsp3) is 0.308. The van der Waals surface area contributed by atoms with E-state index in [0.717, 1.165) is 28.9 Å². The molecule has 186 valence electrons. The molecule has 0 aliphatic rings. The lowest BCUT2D eigenvalue weighted by atomic mass is 9.97. The summed E-state index contributed by atoms with van der Waals surface area (Å²) in [4.78, 5) is 17.5. The molecule has 0 spiro atoms. The van der Waals surface area contributed by atoms with Crippen molar-refractivity contribution < 1.29 is 32.5 Å². The van der Waals surface area contributed by atoms with Crippen LogP contribution in [0.4, 0.5) is 18.9 Å². The van der Waals surface area contributed by atoms with Crippen molar-refractivity contribution >= 4 is 11.7 Å². The molecule has 0 amide bonds. The van der Waals surface area contributed by atoms with E-state index in [0.29, 0.717) is 36.8 Å². The third-order valence-corrected chi connectivity index (χ3v) is 5.63. The smallest absolute Gasteiger partial charge is 0.416 e. The van der Waals surface area contributed by atoms with Gasteiger partial charge in [-0.15, -0.1) is 0 Å². The lowest BCUT2D eigenvalue weighted by Gasteiger charge is -2.20. The number of hydrogen-bond donors (Lipinski definition) is 1. The van der Waals surface area contributed by atoms with Gasteiger partial charge in [-0.05, 0) is 54.3 Å².